The molecule has 0 spiro atoms. The molecule has 1 saturated carbocycles. The largest absolute Gasteiger partial charge is 0.404 e. The van der Waals surface area contributed by atoms with Gasteiger partial charge < -0.3 is 21.7 Å². The number of nitrogens with one attached hydrogen (secondary N) is 2. The second-order valence-corrected chi connectivity index (χ2v) is 13.8. The number of carbonyl (C=O) groups is 1. The molecular formula is C39H56N7O+. The lowest BCUT2D eigenvalue weighted by molar-refractivity contribution is -0.412. The number of carbonyl (C=O) groups excluding carboxylic acids is 1. The van der Waals surface area contributed by atoms with Gasteiger partial charge in [0.15, 0.2) is 6.21 Å². The summed E-state index contributed by atoms with van der Waals surface area (Å²) in [4.78, 5) is 25.8. The van der Waals surface area contributed by atoms with Crippen LogP contribution in [-0.4, -0.2) is 79.3 Å². The zero-order valence-corrected chi connectivity index (χ0v) is 28.8. The molecule has 47 heavy (non-hydrogen) atoms. The third-order valence-corrected chi connectivity index (χ3v) is 10.4. The van der Waals surface area contributed by atoms with Crippen molar-refractivity contribution in [3.05, 3.63) is 88.8 Å². The second-order valence-electron chi connectivity index (χ2n) is 13.8. The highest BCUT2D eigenvalue weighted by Gasteiger charge is 2.25. The number of anilines is 1. The lowest BCUT2D eigenvalue weighted by Gasteiger charge is -2.39. The van der Waals surface area contributed by atoms with E-state index in [-0.39, 0.29) is 17.8 Å². The summed E-state index contributed by atoms with van der Waals surface area (Å²) >= 11 is 0. The van der Waals surface area contributed by atoms with Crippen LogP contribution in [0.1, 0.15) is 91.3 Å². The third-order valence-electron chi connectivity index (χ3n) is 10.4. The van der Waals surface area contributed by atoms with Crippen LogP contribution < -0.4 is 21.8 Å². The quantitative estimate of drug-likeness (QED) is 0.292. The van der Waals surface area contributed by atoms with Gasteiger partial charge in [-0.1, -0.05) is 75.1 Å². The van der Waals surface area contributed by atoms with Crippen molar-refractivity contribution in [3.8, 4) is 0 Å². The predicted molar refractivity (Wildman–Crippen MR) is 194 cm³/mol. The summed E-state index contributed by atoms with van der Waals surface area (Å²) in [6.07, 6.45) is 22.1. The van der Waals surface area contributed by atoms with E-state index in [4.69, 9.17) is 11.5 Å². The number of amides is 1. The van der Waals surface area contributed by atoms with Gasteiger partial charge >= 0.3 is 0 Å². The standard InChI is InChI=1S/C39H55N7O/c1-4-36-27-46(19-18-45(36)3)26-29-12-16-32(17-13-29)31-14-10-28(11-15-31)20-30-8-6-5-7-9-35(21-30)44-39(47)37-22-33(25-43-38(37)41)34(23-40)24-42-2/h10-16,22-25,30,32,35-36H,4-9,17-21,26-27,40H2,1-3H3,(H2,41,43)(H,44,47)/p+1. The van der Waals surface area contributed by atoms with Gasteiger partial charge in [0.2, 0.25) is 0 Å². The number of nitrogens with zero attached hydrogens (tertiary/aromatic N) is 3. The topological polar surface area (TPSA) is 114 Å². The van der Waals surface area contributed by atoms with Crippen LogP contribution in [0, 0.1) is 5.92 Å². The van der Waals surface area contributed by atoms with Gasteiger partial charge in [0.25, 0.3) is 5.91 Å². The fourth-order valence-corrected chi connectivity index (χ4v) is 7.53. The minimum absolute atomic E-state index is 0.107. The van der Waals surface area contributed by atoms with Crippen molar-refractivity contribution in [2.45, 2.75) is 82.7 Å². The maximum absolute atomic E-state index is 13.4. The first-order valence-electron chi connectivity index (χ1n) is 17.7. The summed E-state index contributed by atoms with van der Waals surface area (Å²) in [6, 6.07) is 11.9. The Hall–Kier alpha value is -3.75. The first-order valence-corrected chi connectivity index (χ1v) is 17.7. The maximum Gasteiger partial charge on any atom is 0.255 e. The highest BCUT2D eigenvalue weighted by Crippen LogP contribution is 2.30. The van der Waals surface area contributed by atoms with Crippen molar-refractivity contribution in [2.24, 2.45) is 11.7 Å². The van der Waals surface area contributed by atoms with Gasteiger partial charge in [-0.15, -0.1) is 0 Å². The lowest BCUT2D eigenvalue weighted by atomic mass is 9.83. The van der Waals surface area contributed by atoms with Crippen molar-refractivity contribution >= 4 is 23.5 Å². The van der Waals surface area contributed by atoms with Crippen molar-refractivity contribution in [1.82, 2.24) is 20.1 Å². The summed E-state index contributed by atoms with van der Waals surface area (Å²) in [5, 5.41) is 3.31. The number of hydrogen-bond donors (Lipinski definition) is 4. The minimum atomic E-state index is -0.169. The molecule has 1 aliphatic heterocycles. The molecule has 0 radical (unpaired) electrons. The van der Waals surface area contributed by atoms with Crippen LogP contribution in [0.2, 0.25) is 0 Å². The summed E-state index contributed by atoms with van der Waals surface area (Å²) < 4.78 is 0. The van der Waals surface area contributed by atoms with Crippen molar-refractivity contribution in [2.75, 3.05) is 46.0 Å². The molecule has 2 aliphatic carbocycles. The molecule has 3 aliphatic rings. The Bertz CT molecular complexity index is 1460. The monoisotopic (exact) mass is 638 g/mol. The van der Waals surface area contributed by atoms with Crippen LogP contribution in [-0.2, 0) is 6.42 Å². The molecule has 2 aromatic rings. The zero-order chi connectivity index (χ0) is 33.2. The van der Waals surface area contributed by atoms with Crippen molar-refractivity contribution in [3.63, 3.8) is 0 Å². The van der Waals surface area contributed by atoms with Gasteiger partial charge in [-0.25, -0.2) is 4.98 Å². The molecule has 8 nitrogen and oxygen atoms in total. The van der Waals surface area contributed by atoms with Gasteiger partial charge in [0.05, 0.1) is 11.1 Å². The minimum Gasteiger partial charge on any atom is -0.404 e. The molecule has 1 amide bonds. The number of hydrogen-bond acceptors (Lipinski definition) is 6. The van der Waals surface area contributed by atoms with Crippen LogP contribution in [0.3, 0.4) is 0 Å². The Morgan fingerprint density at radius 1 is 1.15 bits per heavy atom. The Balaban J connectivity index is 1.15. The van der Waals surface area contributed by atoms with E-state index in [1.807, 2.05) is 0 Å². The molecule has 1 saturated heterocycles. The highest BCUT2D eigenvalue weighted by atomic mass is 16.1. The smallest absolute Gasteiger partial charge is 0.255 e. The molecule has 252 valence electrons. The van der Waals surface area contributed by atoms with E-state index in [0.29, 0.717) is 23.4 Å². The molecular weight excluding hydrogens is 582 g/mol. The van der Waals surface area contributed by atoms with E-state index in [1.165, 1.54) is 55.1 Å². The summed E-state index contributed by atoms with van der Waals surface area (Å²) in [5.74, 6) is 1.02. The van der Waals surface area contributed by atoms with Gasteiger partial charge in [-0.2, -0.15) is 0 Å². The molecule has 1 aromatic carbocycles. The van der Waals surface area contributed by atoms with Crippen LogP contribution in [0.5, 0.6) is 0 Å². The Morgan fingerprint density at radius 2 is 1.96 bits per heavy atom. The summed E-state index contributed by atoms with van der Waals surface area (Å²) in [5.41, 5.74) is 18.1. The Morgan fingerprint density at radius 3 is 2.68 bits per heavy atom. The number of likely N-dealkylation sites (N-methyl/N-ethyl adjacent to an activating group) is 1. The number of nitrogen functional groups attached to an aromatic ring is 1. The highest BCUT2D eigenvalue weighted by molar-refractivity contribution is 6.08. The number of allylic oxidation sites excluding steroid dienone is 3. The van der Waals surface area contributed by atoms with Crippen LogP contribution in [0.4, 0.5) is 5.82 Å². The molecule has 8 heteroatoms. The normalized spacial score (nSPS) is 24.9. The van der Waals surface area contributed by atoms with Gasteiger partial charge in [0, 0.05) is 62.1 Å². The number of piperazine rings is 1. The average Bonchev–Trinajstić information content (AvgIpc) is 3.07. The molecule has 0 bridgehead atoms. The molecule has 4 unspecified atom stereocenters. The van der Waals surface area contributed by atoms with Gasteiger partial charge in [-0.3, -0.25) is 14.7 Å². The first kappa shape index (κ1) is 34.6. The van der Waals surface area contributed by atoms with E-state index in [9.17, 15) is 4.79 Å². The van der Waals surface area contributed by atoms with E-state index in [1.54, 1.807) is 25.5 Å². The maximum atomic E-state index is 13.4. The van der Waals surface area contributed by atoms with Crippen molar-refractivity contribution in [1.29, 1.82) is 0 Å². The molecule has 2 fully saturated rings. The fraction of sp³-hybridized carbons (Fsp3) is 0.513. The molecule has 2 heterocycles. The predicted octanol–water partition coefficient (Wildman–Crippen LogP) is 4.05. The number of benzene rings is 1. The van der Waals surface area contributed by atoms with Gasteiger partial charge in [-0.05, 0) is 67.8 Å². The Kier molecular flexibility index (Phi) is 12.4. The number of rotatable bonds is 10. The lowest BCUT2D eigenvalue weighted by Crippen LogP contribution is -2.63. The van der Waals surface area contributed by atoms with E-state index < -0.39 is 0 Å². The van der Waals surface area contributed by atoms with E-state index in [2.05, 4.69) is 81.6 Å². The second kappa shape index (κ2) is 16.9. The first-order chi connectivity index (χ1) is 22.9. The van der Waals surface area contributed by atoms with Crippen LogP contribution >= 0.6 is 0 Å². The molecule has 6 N–H and O–H groups in total. The molecule has 5 rings (SSSR count). The molecule has 1 aromatic heterocycles. The van der Waals surface area contributed by atoms with Crippen LogP contribution in [0.15, 0.2) is 66.5 Å². The number of aromatic nitrogens is 1. The van der Waals surface area contributed by atoms with Crippen molar-refractivity contribution < 1.29 is 9.79 Å². The summed E-state index contributed by atoms with van der Waals surface area (Å²) in [6.45, 7) is 6.84. The zero-order valence-electron chi connectivity index (χ0n) is 28.8. The summed E-state index contributed by atoms with van der Waals surface area (Å²) in [7, 11) is 4.06. The van der Waals surface area contributed by atoms with Gasteiger partial charge in [0.1, 0.15) is 12.9 Å². The SMILES string of the molecule is CCC1CN(CC2=CCC(c3ccc(CC4CCCCCC(NC(=O)c5cc(C(C=[NH+]C)=CN)cnc5N)C4)cc3)C=C2)CCN1C. The average molecular weight is 639 g/mol. The van der Waals surface area contributed by atoms with Crippen LogP contribution in [0.25, 0.3) is 5.57 Å². The van der Waals surface area contributed by atoms with E-state index in [0.717, 1.165) is 62.9 Å². The fourth-order valence-electron chi connectivity index (χ4n) is 7.53. The number of pyridine rings is 1. The third kappa shape index (κ3) is 9.42. The molecule has 4 atom stereocenters. The van der Waals surface area contributed by atoms with E-state index >= 15 is 0 Å². The number of nitrogens with two attached hydrogens (primary N) is 2. The Labute approximate surface area is 282 Å².